The minimum Gasteiger partial charge on any atom is -0.463 e. The Morgan fingerprint density at radius 2 is 1.14 bits per heavy atom. The number of carbonyl (C=O) groups excluding carboxylic acids is 6. The lowest BCUT2D eigenvalue weighted by atomic mass is 9.95. The van der Waals surface area contributed by atoms with Gasteiger partial charge >= 0.3 is 11.9 Å². The van der Waals surface area contributed by atoms with Gasteiger partial charge in [0.2, 0.25) is 23.6 Å². The molecule has 0 aromatic heterocycles. The zero-order valence-electron chi connectivity index (χ0n) is 38.9. The number of esters is 2. The Labute approximate surface area is 388 Å². The number of aryl methyl sites for hydroxylation is 1. The van der Waals surface area contributed by atoms with Gasteiger partial charge in [0.05, 0.1) is 56.4 Å². The van der Waals surface area contributed by atoms with Gasteiger partial charge in [-0.15, -0.1) is 0 Å². The second-order valence-electron chi connectivity index (χ2n) is 18.6. The highest BCUT2D eigenvalue weighted by Crippen LogP contribution is 2.44. The molecule has 3 unspecified atom stereocenters. The van der Waals surface area contributed by atoms with Crippen LogP contribution >= 0.6 is 0 Å². The van der Waals surface area contributed by atoms with E-state index < -0.39 is 61.1 Å². The normalized spacial score (nSPS) is 30.0. The van der Waals surface area contributed by atoms with E-state index in [1.165, 1.54) is 11.1 Å². The average molecular weight is 916 g/mol. The van der Waals surface area contributed by atoms with Gasteiger partial charge in [-0.2, -0.15) is 0 Å². The van der Waals surface area contributed by atoms with Gasteiger partial charge < -0.3 is 54.9 Å². The fourth-order valence-electron chi connectivity index (χ4n) is 10.4. The minimum absolute atomic E-state index is 0.0190. The van der Waals surface area contributed by atoms with Crippen LogP contribution in [0.2, 0.25) is 0 Å². The Kier molecular flexibility index (Phi) is 17.2. The summed E-state index contributed by atoms with van der Waals surface area (Å²) in [4.78, 5) is 87.9. The van der Waals surface area contributed by atoms with Gasteiger partial charge in [0.25, 0.3) is 0 Å². The second kappa shape index (κ2) is 23.2. The van der Waals surface area contributed by atoms with Crippen LogP contribution in [0.1, 0.15) is 57.1 Å². The van der Waals surface area contributed by atoms with Gasteiger partial charge in [0.1, 0.15) is 25.3 Å². The lowest BCUT2D eigenvalue weighted by Gasteiger charge is -2.30. The van der Waals surface area contributed by atoms with Crippen molar-refractivity contribution >= 4 is 35.6 Å². The molecule has 0 spiro atoms. The van der Waals surface area contributed by atoms with E-state index in [0.29, 0.717) is 25.6 Å². The summed E-state index contributed by atoms with van der Waals surface area (Å²) in [6, 6.07) is 16.6. The van der Waals surface area contributed by atoms with E-state index >= 15 is 0 Å². The van der Waals surface area contributed by atoms with E-state index in [2.05, 4.69) is 50.4 Å². The van der Waals surface area contributed by atoms with Crippen LogP contribution in [-0.2, 0) is 60.6 Å². The SMILES string of the molecule is CN[C@@H](C)C(=O)NC1COC(=O)CCC(=O)OC[C@H](NC(=O)[C@H](C)NC)C(=O)N2CC(OCCO[C@@H]3CN(C1=O)[C@@H]1CN(CCc4ccccc4)C[C@@H]13)[C@H]1CC(CCc3ccccc3)C[C@H]12. The topological polar surface area (TPSA) is 197 Å². The van der Waals surface area contributed by atoms with Crippen LogP contribution in [0, 0.1) is 17.8 Å². The molecular formula is C49H69N7O10. The molecule has 17 heteroatoms. The molecule has 7 rings (SSSR count). The van der Waals surface area contributed by atoms with Crippen molar-refractivity contribution in [2.75, 3.05) is 73.2 Å². The fourth-order valence-corrected chi connectivity index (χ4v) is 10.4. The summed E-state index contributed by atoms with van der Waals surface area (Å²) in [6.07, 6.45) is 3.01. The van der Waals surface area contributed by atoms with Crippen molar-refractivity contribution < 1.29 is 47.7 Å². The molecule has 11 atom stereocenters. The van der Waals surface area contributed by atoms with Gasteiger partial charge in [0.15, 0.2) is 0 Å². The highest BCUT2D eigenvalue weighted by molar-refractivity contribution is 5.91. The molecule has 4 heterocycles. The van der Waals surface area contributed by atoms with E-state index in [1.54, 1.807) is 32.8 Å². The van der Waals surface area contributed by atoms with Crippen molar-refractivity contribution in [3.63, 3.8) is 0 Å². The molecule has 17 nitrogen and oxygen atoms in total. The molecule has 5 fully saturated rings. The van der Waals surface area contributed by atoms with Crippen LogP contribution in [0.5, 0.6) is 0 Å². The lowest BCUT2D eigenvalue weighted by molar-refractivity contribution is -0.154. The van der Waals surface area contributed by atoms with E-state index in [9.17, 15) is 28.8 Å². The predicted molar refractivity (Wildman–Crippen MR) is 244 cm³/mol. The quantitative estimate of drug-likeness (QED) is 0.221. The van der Waals surface area contributed by atoms with Crippen LogP contribution in [0.25, 0.3) is 0 Å². The zero-order valence-corrected chi connectivity index (χ0v) is 38.9. The predicted octanol–water partition coefficient (Wildman–Crippen LogP) is 1.08. The van der Waals surface area contributed by atoms with Crippen LogP contribution in [0.3, 0.4) is 0 Å². The van der Waals surface area contributed by atoms with Crippen molar-refractivity contribution in [3.05, 3.63) is 71.8 Å². The summed E-state index contributed by atoms with van der Waals surface area (Å²) in [5.74, 6) is -2.77. The maximum absolute atomic E-state index is 14.6. The molecule has 2 aromatic rings. The Bertz CT molecular complexity index is 1840. The summed E-state index contributed by atoms with van der Waals surface area (Å²) in [5.41, 5.74) is 2.48. The number of hydrogen-bond donors (Lipinski definition) is 4. The number of hydrogen-bond acceptors (Lipinski definition) is 13. The Balaban J connectivity index is 1.12. The number of benzene rings is 2. The lowest BCUT2D eigenvalue weighted by Crippen LogP contribution is -2.56. The molecule has 5 aliphatic rings. The number of rotatable bonds is 12. The highest BCUT2D eigenvalue weighted by atomic mass is 16.5. The number of likely N-dealkylation sites (N-methyl/N-ethyl adjacent to an activating group) is 2. The largest absolute Gasteiger partial charge is 0.463 e. The summed E-state index contributed by atoms with van der Waals surface area (Å²) in [5, 5.41) is 11.4. The van der Waals surface area contributed by atoms with Crippen molar-refractivity contribution in [2.45, 2.75) is 107 Å². The molecule has 4 amide bonds. The van der Waals surface area contributed by atoms with Crippen molar-refractivity contribution in [1.82, 2.24) is 36.0 Å². The fraction of sp³-hybridized carbons (Fsp3) is 0.633. The molecule has 4 N–H and O–H groups in total. The molecule has 66 heavy (non-hydrogen) atoms. The number of carbonyl (C=O) groups is 6. The average Bonchev–Trinajstić information content (AvgIpc) is 4.11. The van der Waals surface area contributed by atoms with E-state index in [1.807, 2.05) is 41.3 Å². The summed E-state index contributed by atoms with van der Waals surface area (Å²) in [7, 11) is 3.27. The molecular weight excluding hydrogens is 847 g/mol. The number of nitrogens with one attached hydrogen (secondary N) is 4. The number of nitrogens with zero attached hydrogens (tertiary/aromatic N) is 3. The smallest absolute Gasteiger partial charge is 0.306 e. The standard InChI is InChI=1S/C49H69N7O10/c1-31(50-3)46(59)52-38-29-65-44(57)17-18-45(58)66-30-39(53-47(60)32(2)51-4)49(62)56-28-43(37-25-54(26-41(37)56)20-19-34-13-9-6-10-14-34)64-22-21-63-42-27-55(48(38)61)40-24-35(23-36(40)42)16-15-33-11-7-5-8-12-33/h5-14,31-32,35-43,50-51H,15-30H2,1-4H3,(H,52,59)(H,53,60)/t31-,32-,35?,36-,37-,38-,39?,40+,41+,42?,43+/m0/s1. The molecule has 2 aromatic carbocycles. The van der Waals surface area contributed by atoms with Gasteiger partial charge in [0, 0.05) is 50.6 Å². The van der Waals surface area contributed by atoms with Crippen molar-refractivity contribution in [2.24, 2.45) is 17.8 Å². The molecule has 1 aliphatic carbocycles. The number of fused-ring (bicyclic) bond motifs is 10. The number of cyclic esters (lactones) is 2. The molecule has 4 aliphatic heterocycles. The monoisotopic (exact) mass is 916 g/mol. The molecule has 360 valence electrons. The first-order chi connectivity index (χ1) is 31.9. The van der Waals surface area contributed by atoms with Gasteiger partial charge in [-0.1, -0.05) is 60.7 Å². The summed E-state index contributed by atoms with van der Waals surface area (Å²) in [6.45, 7) is 5.68. The third-order valence-electron chi connectivity index (χ3n) is 14.4. The Hall–Kier alpha value is -4.94. The number of amides is 4. The zero-order chi connectivity index (χ0) is 46.7. The Morgan fingerprint density at radius 1 is 0.636 bits per heavy atom. The minimum atomic E-state index is -1.19. The van der Waals surface area contributed by atoms with E-state index in [-0.39, 0.29) is 80.5 Å². The number of ether oxygens (including phenoxy) is 4. The van der Waals surface area contributed by atoms with E-state index in [0.717, 1.165) is 38.6 Å². The maximum Gasteiger partial charge on any atom is 0.306 e. The van der Waals surface area contributed by atoms with Gasteiger partial charge in [-0.3, -0.25) is 28.8 Å². The third kappa shape index (κ3) is 12.3. The maximum atomic E-state index is 14.6. The van der Waals surface area contributed by atoms with Crippen LogP contribution in [0.4, 0.5) is 0 Å². The molecule has 0 radical (unpaired) electrons. The van der Waals surface area contributed by atoms with Gasteiger partial charge in [-0.05, 0) is 77.1 Å². The Morgan fingerprint density at radius 3 is 1.67 bits per heavy atom. The third-order valence-corrected chi connectivity index (χ3v) is 14.4. The van der Waals surface area contributed by atoms with Crippen molar-refractivity contribution in [3.8, 4) is 0 Å². The highest BCUT2D eigenvalue weighted by Gasteiger charge is 2.53. The first-order valence-electron chi connectivity index (χ1n) is 23.8. The number of likely N-dealkylation sites (tertiary alicyclic amines) is 1. The molecule has 4 bridgehead atoms. The second-order valence-corrected chi connectivity index (χ2v) is 18.6. The first kappa shape index (κ1) is 49.0. The van der Waals surface area contributed by atoms with E-state index in [4.69, 9.17) is 18.9 Å². The molecule has 1 saturated carbocycles. The first-order valence-corrected chi connectivity index (χ1v) is 23.8. The van der Waals surface area contributed by atoms with Crippen LogP contribution < -0.4 is 21.3 Å². The molecule has 4 saturated heterocycles. The van der Waals surface area contributed by atoms with Gasteiger partial charge in [-0.25, -0.2) is 0 Å². The summed E-state index contributed by atoms with van der Waals surface area (Å²) >= 11 is 0. The summed E-state index contributed by atoms with van der Waals surface area (Å²) < 4.78 is 24.5. The van der Waals surface area contributed by atoms with Crippen molar-refractivity contribution in [1.29, 1.82) is 0 Å². The van der Waals surface area contributed by atoms with Crippen LogP contribution in [-0.4, -0.2) is 172 Å². The van der Waals surface area contributed by atoms with Crippen LogP contribution in [0.15, 0.2) is 60.7 Å².